The molecule has 0 saturated carbocycles. The fraction of sp³-hybridized carbons (Fsp3) is 0.300. The second-order valence-corrected chi connectivity index (χ2v) is 7.18. The maximum Gasteiger partial charge on any atom is 0.289 e. The van der Waals surface area contributed by atoms with Crippen LogP contribution in [0.3, 0.4) is 0 Å². The SMILES string of the molecule is CCN1C(=O)S[C@H](Cc2ccc(OCc3ccccc3F)c(OC)c2)C1=O. The molecular formula is C20H20FNO4S. The summed E-state index contributed by atoms with van der Waals surface area (Å²) in [5.74, 6) is 0.500. The number of thioether (sulfide) groups is 1. The molecule has 1 heterocycles. The molecule has 7 heteroatoms. The number of rotatable bonds is 7. The number of ether oxygens (including phenoxy) is 2. The third-order valence-electron chi connectivity index (χ3n) is 4.31. The van der Waals surface area contributed by atoms with Crippen LogP contribution in [0, 0.1) is 5.82 Å². The van der Waals surface area contributed by atoms with Gasteiger partial charge in [0.05, 0.1) is 12.4 Å². The quantitative estimate of drug-likeness (QED) is 0.715. The van der Waals surface area contributed by atoms with Crippen molar-refractivity contribution >= 4 is 22.9 Å². The van der Waals surface area contributed by atoms with Crippen LogP contribution in [-0.2, 0) is 17.8 Å². The van der Waals surface area contributed by atoms with Crippen molar-refractivity contribution in [1.29, 1.82) is 0 Å². The van der Waals surface area contributed by atoms with E-state index in [1.165, 1.54) is 18.1 Å². The van der Waals surface area contributed by atoms with Crippen LogP contribution in [0.5, 0.6) is 11.5 Å². The smallest absolute Gasteiger partial charge is 0.289 e. The molecule has 1 aliphatic heterocycles. The topological polar surface area (TPSA) is 55.8 Å². The van der Waals surface area contributed by atoms with Gasteiger partial charge in [-0.3, -0.25) is 14.5 Å². The van der Waals surface area contributed by atoms with E-state index in [-0.39, 0.29) is 23.6 Å². The minimum Gasteiger partial charge on any atom is -0.493 e. The van der Waals surface area contributed by atoms with Gasteiger partial charge < -0.3 is 9.47 Å². The van der Waals surface area contributed by atoms with Gasteiger partial charge in [-0.05, 0) is 37.1 Å². The monoisotopic (exact) mass is 389 g/mol. The van der Waals surface area contributed by atoms with E-state index in [1.807, 2.05) is 6.07 Å². The second kappa shape index (κ2) is 8.43. The average molecular weight is 389 g/mol. The van der Waals surface area contributed by atoms with Gasteiger partial charge in [0.1, 0.15) is 12.4 Å². The van der Waals surface area contributed by atoms with Crippen LogP contribution in [0.1, 0.15) is 18.1 Å². The summed E-state index contributed by atoms with van der Waals surface area (Å²) in [7, 11) is 1.52. The predicted molar refractivity (Wildman–Crippen MR) is 102 cm³/mol. The van der Waals surface area contributed by atoms with Gasteiger partial charge in [-0.15, -0.1) is 0 Å². The van der Waals surface area contributed by atoms with Crippen molar-refractivity contribution in [3.05, 3.63) is 59.4 Å². The van der Waals surface area contributed by atoms with Crippen molar-refractivity contribution < 1.29 is 23.5 Å². The van der Waals surface area contributed by atoms with Crippen molar-refractivity contribution in [2.75, 3.05) is 13.7 Å². The Morgan fingerprint density at radius 1 is 1.15 bits per heavy atom. The van der Waals surface area contributed by atoms with Crippen molar-refractivity contribution in [1.82, 2.24) is 4.90 Å². The summed E-state index contributed by atoms with van der Waals surface area (Å²) in [5, 5.41) is -0.628. The number of amides is 2. The zero-order chi connectivity index (χ0) is 19.4. The van der Waals surface area contributed by atoms with Gasteiger partial charge in [-0.1, -0.05) is 36.0 Å². The fourth-order valence-corrected chi connectivity index (χ4v) is 3.95. The van der Waals surface area contributed by atoms with Crippen LogP contribution in [0.15, 0.2) is 42.5 Å². The maximum atomic E-state index is 13.7. The Bertz CT molecular complexity index is 858. The van der Waals surface area contributed by atoms with E-state index in [9.17, 15) is 14.0 Å². The number of nitrogens with zero attached hydrogens (tertiary/aromatic N) is 1. The van der Waals surface area contributed by atoms with E-state index in [4.69, 9.17) is 9.47 Å². The highest BCUT2D eigenvalue weighted by Gasteiger charge is 2.38. The van der Waals surface area contributed by atoms with Gasteiger partial charge in [0.2, 0.25) is 5.91 Å². The zero-order valence-corrected chi connectivity index (χ0v) is 15.9. The van der Waals surface area contributed by atoms with E-state index in [0.29, 0.717) is 30.0 Å². The van der Waals surface area contributed by atoms with E-state index in [1.54, 1.807) is 37.3 Å². The lowest BCUT2D eigenvalue weighted by molar-refractivity contribution is -0.126. The largest absolute Gasteiger partial charge is 0.493 e. The molecule has 1 fully saturated rings. The lowest BCUT2D eigenvalue weighted by Crippen LogP contribution is -2.31. The molecule has 0 aromatic heterocycles. The van der Waals surface area contributed by atoms with Gasteiger partial charge in [0.15, 0.2) is 11.5 Å². The molecule has 27 heavy (non-hydrogen) atoms. The molecule has 2 aromatic carbocycles. The van der Waals surface area contributed by atoms with Crippen LogP contribution in [0.2, 0.25) is 0 Å². The molecule has 1 atom stereocenters. The second-order valence-electron chi connectivity index (χ2n) is 6.02. The highest BCUT2D eigenvalue weighted by Crippen LogP contribution is 2.33. The molecule has 0 unspecified atom stereocenters. The Morgan fingerprint density at radius 2 is 1.93 bits per heavy atom. The van der Waals surface area contributed by atoms with Gasteiger partial charge in [-0.25, -0.2) is 4.39 Å². The van der Waals surface area contributed by atoms with Crippen molar-refractivity contribution in [2.24, 2.45) is 0 Å². The molecule has 0 N–H and O–H groups in total. The molecule has 0 bridgehead atoms. The van der Waals surface area contributed by atoms with Gasteiger partial charge in [0, 0.05) is 12.1 Å². The number of halogens is 1. The zero-order valence-electron chi connectivity index (χ0n) is 15.1. The molecule has 0 radical (unpaired) electrons. The minimum absolute atomic E-state index is 0.0826. The average Bonchev–Trinajstić information content (AvgIpc) is 2.94. The Morgan fingerprint density at radius 3 is 2.59 bits per heavy atom. The van der Waals surface area contributed by atoms with Crippen LogP contribution < -0.4 is 9.47 Å². The first-order chi connectivity index (χ1) is 13.0. The molecule has 5 nitrogen and oxygen atoms in total. The maximum absolute atomic E-state index is 13.7. The lowest BCUT2D eigenvalue weighted by Gasteiger charge is -2.14. The summed E-state index contributed by atoms with van der Waals surface area (Å²) in [4.78, 5) is 25.4. The summed E-state index contributed by atoms with van der Waals surface area (Å²) in [6, 6.07) is 11.8. The molecule has 0 aliphatic carbocycles. The third-order valence-corrected chi connectivity index (χ3v) is 5.39. The first kappa shape index (κ1) is 19.2. The Labute approximate surface area is 161 Å². The highest BCUT2D eigenvalue weighted by atomic mass is 32.2. The summed E-state index contributed by atoms with van der Waals surface area (Å²) in [6.45, 7) is 2.25. The van der Waals surface area contributed by atoms with Crippen LogP contribution in [0.25, 0.3) is 0 Å². The molecule has 1 saturated heterocycles. The predicted octanol–water partition coefficient (Wildman–Crippen LogP) is 4.04. The lowest BCUT2D eigenvalue weighted by atomic mass is 10.1. The van der Waals surface area contributed by atoms with E-state index in [2.05, 4.69) is 0 Å². The first-order valence-electron chi connectivity index (χ1n) is 8.58. The third kappa shape index (κ3) is 4.24. The van der Waals surface area contributed by atoms with Gasteiger partial charge in [0.25, 0.3) is 5.24 Å². The Balaban J connectivity index is 1.70. The summed E-state index contributed by atoms with van der Waals surface area (Å²) < 4.78 is 24.8. The summed E-state index contributed by atoms with van der Waals surface area (Å²) >= 11 is 1.05. The number of imide groups is 1. The summed E-state index contributed by atoms with van der Waals surface area (Å²) in [5.41, 5.74) is 1.32. The van der Waals surface area contributed by atoms with Crippen LogP contribution in [0.4, 0.5) is 9.18 Å². The Kier molecular flexibility index (Phi) is 6.01. The van der Waals surface area contributed by atoms with E-state index in [0.717, 1.165) is 17.3 Å². The highest BCUT2D eigenvalue weighted by molar-refractivity contribution is 8.15. The van der Waals surface area contributed by atoms with Crippen LogP contribution >= 0.6 is 11.8 Å². The number of carbonyl (C=O) groups excluding carboxylic acids is 2. The van der Waals surface area contributed by atoms with Crippen molar-refractivity contribution in [2.45, 2.75) is 25.2 Å². The normalized spacial score (nSPS) is 16.7. The van der Waals surface area contributed by atoms with Gasteiger partial charge in [-0.2, -0.15) is 0 Å². The molecule has 1 aliphatic rings. The van der Waals surface area contributed by atoms with E-state index < -0.39 is 5.25 Å². The molecular weight excluding hydrogens is 369 g/mol. The van der Waals surface area contributed by atoms with Gasteiger partial charge >= 0.3 is 0 Å². The number of hydrogen-bond donors (Lipinski definition) is 0. The number of methoxy groups -OCH3 is 1. The molecule has 142 valence electrons. The fourth-order valence-electron chi connectivity index (χ4n) is 2.86. The molecule has 0 spiro atoms. The first-order valence-corrected chi connectivity index (χ1v) is 9.46. The van der Waals surface area contributed by atoms with E-state index >= 15 is 0 Å². The molecule has 2 amide bonds. The molecule has 2 aromatic rings. The van der Waals surface area contributed by atoms with Crippen molar-refractivity contribution in [3.63, 3.8) is 0 Å². The number of benzene rings is 2. The van der Waals surface area contributed by atoms with Crippen molar-refractivity contribution in [3.8, 4) is 11.5 Å². The number of carbonyl (C=O) groups is 2. The standard InChI is InChI=1S/C20H20FNO4S/c1-3-22-19(23)18(27-20(22)24)11-13-8-9-16(17(10-13)25-2)26-12-14-6-4-5-7-15(14)21/h4-10,18H,3,11-12H2,1-2H3/t18-/m1/s1. The summed E-state index contributed by atoms with van der Waals surface area (Å²) in [6.07, 6.45) is 0.426. The minimum atomic E-state index is -0.424. The molecule has 3 rings (SSSR count). The number of hydrogen-bond acceptors (Lipinski definition) is 5. The van der Waals surface area contributed by atoms with Crippen LogP contribution in [-0.4, -0.2) is 35.0 Å². The Hall–Kier alpha value is -2.54.